The molecule has 0 amide bonds. The normalized spacial score (nSPS) is 10.3. The molecule has 0 saturated heterocycles. The van der Waals surface area contributed by atoms with E-state index in [-0.39, 0.29) is 11.6 Å². The van der Waals surface area contributed by atoms with Crippen LogP contribution in [0.4, 0.5) is 5.82 Å². The van der Waals surface area contributed by atoms with Gasteiger partial charge in [0.25, 0.3) is 0 Å². The molecule has 0 spiro atoms. The summed E-state index contributed by atoms with van der Waals surface area (Å²) in [6.45, 7) is 1.98. The Bertz CT molecular complexity index is 926. The van der Waals surface area contributed by atoms with E-state index in [9.17, 15) is 10.4 Å². The molecule has 0 aliphatic heterocycles. The third-order valence-corrected chi connectivity index (χ3v) is 3.77. The van der Waals surface area contributed by atoms with Crippen molar-refractivity contribution in [3.63, 3.8) is 0 Å². The van der Waals surface area contributed by atoms with Gasteiger partial charge in [-0.25, -0.2) is 4.98 Å². The van der Waals surface area contributed by atoms with Crippen molar-refractivity contribution in [3.8, 4) is 34.2 Å². The van der Waals surface area contributed by atoms with Gasteiger partial charge in [-0.2, -0.15) is 5.26 Å². The van der Waals surface area contributed by atoms with Gasteiger partial charge in [-0.3, -0.25) is 0 Å². The topological polar surface area (TPSA) is 82.9 Å². The van der Waals surface area contributed by atoms with Gasteiger partial charge in [0.1, 0.15) is 23.2 Å². The molecule has 3 N–H and O–H groups in total. The van der Waals surface area contributed by atoms with Crippen molar-refractivity contribution in [2.24, 2.45) is 0 Å². The minimum Gasteiger partial charge on any atom is -0.507 e. The molecule has 4 heteroatoms. The molecular weight excluding hydrogens is 286 g/mol. The van der Waals surface area contributed by atoms with Crippen LogP contribution in [0.5, 0.6) is 5.75 Å². The standard InChI is InChI=1S/C19H15N3O/c1-12-6-2-3-7-13(12)15-10-17(22-19(21)16(15)11-20)14-8-4-5-9-18(14)23/h2-10,23H,1H3,(H2,21,22). The molecule has 1 aromatic heterocycles. The van der Waals surface area contributed by atoms with E-state index in [1.165, 1.54) is 0 Å². The fraction of sp³-hybridized carbons (Fsp3) is 0.0526. The van der Waals surface area contributed by atoms with E-state index in [0.29, 0.717) is 16.8 Å². The highest BCUT2D eigenvalue weighted by molar-refractivity contribution is 5.82. The Morgan fingerprint density at radius 2 is 1.65 bits per heavy atom. The average Bonchev–Trinajstić information content (AvgIpc) is 2.55. The summed E-state index contributed by atoms with van der Waals surface area (Å²) in [6.07, 6.45) is 0. The first-order valence-electron chi connectivity index (χ1n) is 7.17. The lowest BCUT2D eigenvalue weighted by atomic mass is 9.95. The van der Waals surface area contributed by atoms with E-state index in [4.69, 9.17) is 5.73 Å². The number of nitrogen functional groups attached to an aromatic ring is 1. The zero-order chi connectivity index (χ0) is 16.4. The first-order valence-corrected chi connectivity index (χ1v) is 7.17. The second-order valence-corrected chi connectivity index (χ2v) is 5.26. The fourth-order valence-electron chi connectivity index (χ4n) is 2.60. The molecular formula is C19H15N3O. The monoisotopic (exact) mass is 301 g/mol. The van der Waals surface area contributed by atoms with Crippen molar-refractivity contribution in [2.45, 2.75) is 6.92 Å². The summed E-state index contributed by atoms with van der Waals surface area (Å²) in [7, 11) is 0. The van der Waals surface area contributed by atoms with Crippen LogP contribution in [0, 0.1) is 18.3 Å². The van der Waals surface area contributed by atoms with Crippen molar-refractivity contribution in [3.05, 3.63) is 65.7 Å². The molecule has 1 heterocycles. The number of pyridine rings is 1. The van der Waals surface area contributed by atoms with Crippen LogP contribution in [0.15, 0.2) is 54.6 Å². The molecule has 0 unspecified atom stereocenters. The Labute approximate surface area is 134 Å². The Balaban J connectivity index is 2.30. The Kier molecular flexibility index (Phi) is 3.70. The number of phenolic OH excluding ortho intramolecular Hbond substituents is 1. The molecule has 2 aromatic carbocycles. The van der Waals surface area contributed by atoms with E-state index in [0.717, 1.165) is 16.7 Å². The molecule has 3 aromatic rings. The number of hydrogen-bond acceptors (Lipinski definition) is 4. The number of anilines is 1. The molecule has 0 saturated carbocycles. The van der Waals surface area contributed by atoms with Crippen LogP contribution in [0.25, 0.3) is 22.4 Å². The number of benzene rings is 2. The van der Waals surface area contributed by atoms with Gasteiger partial charge in [-0.15, -0.1) is 0 Å². The lowest BCUT2D eigenvalue weighted by Crippen LogP contribution is -2.00. The van der Waals surface area contributed by atoms with Crippen LogP contribution in [-0.4, -0.2) is 10.1 Å². The number of hydrogen-bond donors (Lipinski definition) is 2. The molecule has 112 valence electrons. The van der Waals surface area contributed by atoms with Crippen molar-refractivity contribution in [1.29, 1.82) is 5.26 Å². The fourth-order valence-corrected chi connectivity index (χ4v) is 2.60. The SMILES string of the molecule is Cc1ccccc1-c1cc(-c2ccccc2O)nc(N)c1C#N. The highest BCUT2D eigenvalue weighted by Gasteiger charge is 2.15. The smallest absolute Gasteiger partial charge is 0.142 e. The number of aromatic nitrogens is 1. The second-order valence-electron chi connectivity index (χ2n) is 5.26. The number of aryl methyl sites for hydroxylation is 1. The van der Waals surface area contributed by atoms with Crippen molar-refractivity contribution in [1.82, 2.24) is 4.98 Å². The lowest BCUT2D eigenvalue weighted by Gasteiger charge is -2.12. The Morgan fingerprint density at radius 3 is 2.30 bits per heavy atom. The number of nitrogens with zero attached hydrogens (tertiary/aromatic N) is 2. The van der Waals surface area contributed by atoms with Gasteiger partial charge in [0.15, 0.2) is 0 Å². The highest BCUT2D eigenvalue weighted by atomic mass is 16.3. The van der Waals surface area contributed by atoms with Gasteiger partial charge in [0.05, 0.1) is 5.69 Å². The summed E-state index contributed by atoms with van der Waals surface area (Å²) in [6, 6.07) is 18.6. The summed E-state index contributed by atoms with van der Waals surface area (Å²) >= 11 is 0. The Hall–Kier alpha value is -3.32. The van der Waals surface area contributed by atoms with Gasteiger partial charge in [-0.1, -0.05) is 36.4 Å². The lowest BCUT2D eigenvalue weighted by molar-refractivity contribution is 0.477. The molecule has 0 aliphatic rings. The third-order valence-electron chi connectivity index (χ3n) is 3.77. The van der Waals surface area contributed by atoms with E-state index in [1.54, 1.807) is 24.3 Å². The van der Waals surface area contributed by atoms with Crippen LogP contribution < -0.4 is 5.73 Å². The van der Waals surface area contributed by atoms with E-state index < -0.39 is 0 Å². The van der Waals surface area contributed by atoms with Crippen LogP contribution in [-0.2, 0) is 0 Å². The van der Waals surface area contributed by atoms with E-state index in [1.807, 2.05) is 37.3 Å². The maximum absolute atomic E-state index is 10.1. The molecule has 0 atom stereocenters. The zero-order valence-corrected chi connectivity index (χ0v) is 12.6. The maximum atomic E-state index is 10.1. The average molecular weight is 301 g/mol. The summed E-state index contributed by atoms with van der Waals surface area (Å²) in [5.41, 5.74) is 10.1. The third kappa shape index (κ3) is 2.60. The van der Waals surface area contributed by atoms with Crippen molar-refractivity contribution < 1.29 is 5.11 Å². The maximum Gasteiger partial charge on any atom is 0.142 e. The highest BCUT2D eigenvalue weighted by Crippen LogP contribution is 2.35. The van der Waals surface area contributed by atoms with Gasteiger partial charge in [-0.05, 0) is 36.2 Å². The molecule has 4 nitrogen and oxygen atoms in total. The molecule has 0 radical (unpaired) electrons. The number of nitriles is 1. The first-order chi connectivity index (χ1) is 11.1. The Morgan fingerprint density at radius 1 is 1.00 bits per heavy atom. The molecule has 0 bridgehead atoms. The zero-order valence-electron chi connectivity index (χ0n) is 12.6. The summed E-state index contributed by atoms with van der Waals surface area (Å²) < 4.78 is 0. The second kappa shape index (κ2) is 5.82. The molecule has 3 rings (SSSR count). The van der Waals surface area contributed by atoms with E-state index in [2.05, 4.69) is 11.1 Å². The quantitative estimate of drug-likeness (QED) is 0.752. The van der Waals surface area contributed by atoms with Crippen LogP contribution in [0.1, 0.15) is 11.1 Å². The summed E-state index contributed by atoms with van der Waals surface area (Å²) in [5, 5.41) is 19.5. The van der Waals surface area contributed by atoms with Gasteiger partial charge >= 0.3 is 0 Å². The van der Waals surface area contributed by atoms with Crippen LogP contribution in [0.3, 0.4) is 0 Å². The summed E-state index contributed by atoms with van der Waals surface area (Å²) in [4.78, 5) is 4.29. The number of aromatic hydroxyl groups is 1. The largest absolute Gasteiger partial charge is 0.507 e. The first kappa shape index (κ1) is 14.6. The van der Waals surface area contributed by atoms with Gasteiger partial charge < -0.3 is 10.8 Å². The molecule has 0 aliphatic carbocycles. The number of phenols is 1. The van der Waals surface area contributed by atoms with Crippen molar-refractivity contribution >= 4 is 5.82 Å². The summed E-state index contributed by atoms with van der Waals surface area (Å²) in [5.74, 6) is 0.284. The van der Waals surface area contributed by atoms with Crippen LogP contribution >= 0.6 is 0 Å². The predicted molar refractivity (Wildman–Crippen MR) is 90.6 cm³/mol. The number of nitrogens with two attached hydrogens (primary N) is 1. The predicted octanol–water partition coefficient (Wildman–Crippen LogP) is 3.88. The van der Waals surface area contributed by atoms with E-state index >= 15 is 0 Å². The molecule has 23 heavy (non-hydrogen) atoms. The van der Waals surface area contributed by atoms with Crippen LogP contribution in [0.2, 0.25) is 0 Å². The van der Waals surface area contributed by atoms with Gasteiger partial charge in [0.2, 0.25) is 0 Å². The van der Waals surface area contributed by atoms with Crippen molar-refractivity contribution in [2.75, 3.05) is 5.73 Å². The number of rotatable bonds is 2. The van der Waals surface area contributed by atoms with Gasteiger partial charge in [0, 0.05) is 11.1 Å². The minimum atomic E-state index is 0.125. The molecule has 0 fully saturated rings. The minimum absolute atomic E-state index is 0.125. The number of para-hydroxylation sites is 1.